The fourth-order valence-corrected chi connectivity index (χ4v) is 4.14. The first-order valence-corrected chi connectivity index (χ1v) is 9.01. The van der Waals surface area contributed by atoms with Crippen molar-refractivity contribution in [2.75, 3.05) is 25.5 Å². The summed E-state index contributed by atoms with van der Waals surface area (Å²) in [6.45, 7) is 3.04. The quantitative estimate of drug-likeness (QED) is 0.727. The summed E-state index contributed by atoms with van der Waals surface area (Å²) in [5, 5.41) is 9.78. The van der Waals surface area contributed by atoms with E-state index in [9.17, 15) is 5.26 Å². The number of nitriles is 1. The Balaban J connectivity index is 2.08. The van der Waals surface area contributed by atoms with E-state index in [1.54, 1.807) is 6.20 Å². The van der Waals surface area contributed by atoms with E-state index in [0.717, 1.165) is 47.5 Å². The number of benzene rings is 1. The van der Waals surface area contributed by atoms with E-state index in [-0.39, 0.29) is 0 Å². The number of anilines is 1. The standard InChI is InChI=1S/C21H23N5/c1-15-17(14-22)20-23-11-13-26(20)21(19(15)16-8-5-4-6-9-16)25-12-7-10-18(25)24(2)3/h4-6,8-9,11,13,18H,7,10,12H2,1-3H3. The van der Waals surface area contributed by atoms with E-state index in [1.165, 1.54) is 0 Å². The lowest BCUT2D eigenvalue weighted by Crippen LogP contribution is -2.41. The van der Waals surface area contributed by atoms with Crippen LogP contribution < -0.4 is 4.90 Å². The molecule has 5 nitrogen and oxygen atoms in total. The van der Waals surface area contributed by atoms with Gasteiger partial charge in [0.05, 0.1) is 11.7 Å². The average Bonchev–Trinajstić information content (AvgIpc) is 3.31. The van der Waals surface area contributed by atoms with Crippen LogP contribution in [-0.2, 0) is 0 Å². The van der Waals surface area contributed by atoms with Crippen LogP contribution in [0, 0.1) is 18.3 Å². The Bertz CT molecular complexity index is 981. The SMILES string of the molecule is Cc1c(-c2ccccc2)c(N2CCCC2N(C)C)n2ccnc2c1C#N. The molecule has 0 radical (unpaired) electrons. The summed E-state index contributed by atoms with van der Waals surface area (Å²) in [5.74, 6) is 1.14. The van der Waals surface area contributed by atoms with Gasteiger partial charge in [0.15, 0.2) is 5.65 Å². The van der Waals surface area contributed by atoms with Crippen LogP contribution in [0.25, 0.3) is 16.8 Å². The molecular weight excluding hydrogens is 322 g/mol. The van der Waals surface area contributed by atoms with Gasteiger partial charge in [-0.15, -0.1) is 0 Å². The van der Waals surface area contributed by atoms with Crippen molar-refractivity contribution in [2.24, 2.45) is 0 Å². The van der Waals surface area contributed by atoms with E-state index in [4.69, 9.17) is 0 Å². The van der Waals surface area contributed by atoms with Crippen molar-refractivity contribution in [3.63, 3.8) is 0 Å². The van der Waals surface area contributed by atoms with Crippen molar-refractivity contribution in [1.82, 2.24) is 14.3 Å². The molecule has 1 aliphatic heterocycles. The summed E-state index contributed by atoms with van der Waals surface area (Å²) < 4.78 is 2.09. The third-order valence-corrected chi connectivity index (χ3v) is 5.33. The summed E-state index contributed by atoms with van der Waals surface area (Å²) >= 11 is 0. The van der Waals surface area contributed by atoms with Crippen molar-refractivity contribution >= 4 is 11.5 Å². The van der Waals surface area contributed by atoms with E-state index in [0.29, 0.717) is 11.7 Å². The van der Waals surface area contributed by atoms with Crippen LogP contribution in [0.4, 0.5) is 5.82 Å². The molecule has 1 saturated heterocycles. The third-order valence-electron chi connectivity index (χ3n) is 5.33. The predicted octanol–water partition coefficient (Wildman–Crippen LogP) is 3.67. The second kappa shape index (κ2) is 6.47. The number of aromatic nitrogens is 2. The second-order valence-electron chi connectivity index (χ2n) is 7.08. The molecule has 1 aliphatic rings. The number of rotatable bonds is 3. The minimum Gasteiger partial charge on any atom is -0.341 e. The highest BCUT2D eigenvalue weighted by Gasteiger charge is 2.31. The molecule has 1 fully saturated rings. The Morgan fingerprint density at radius 2 is 2.00 bits per heavy atom. The van der Waals surface area contributed by atoms with Crippen LogP contribution in [0.15, 0.2) is 42.7 Å². The molecule has 0 bridgehead atoms. The van der Waals surface area contributed by atoms with Crippen molar-refractivity contribution in [3.8, 4) is 17.2 Å². The smallest absolute Gasteiger partial charge is 0.156 e. The van der Waals surface area contributed by atoms with Crippen molar-refractivity contribution in [2.45, 2.75) is 25.9 Å². The molecule has 1 unspecified atom stereocenters. The Morgan fingerprint density at radius 1 is 1.23 bits per heavy atom. The topological polar surface area (TPSA) is 47.6 Å². The molecule has 3 heterocycles. The van der Waals surface area contributed by atoms with Crippen LogP contribution in [0.2, 0.25) is 0 Å². The summed E-state index contributed by atoms with van der Waals surface area (Å²) in [6.07, 6.45) is 6.40. The lowest BCUT2D eigenvalue weighted by Gasteiger charge is -2.34. The van der Waals surface area contributed by atoms with Crippen molar-refractivity contribution < 1.29 is 0 Å². The highest BCUT2D eigenvalue weighted by Crippen LogP contribution is 2.40. The predicted molar refractivity (Wildman–Crippen MR) is 104 cm³/mol. The van der Waals surface area contributed by atoms with Gasteiger partial charge < -0.3 is 4.90 Å². The number of fused-ring (bicyclic) bond motifs is 1. The van der Waals surface area contributed by atoms with Crippen molar-refractivity contribution in [3.05, 3.63) is 53.9 Å². The van der Waals surface area contributed by atoms with Gasteiger partial charge >= 0.3 is 0 Å². The zero-order valence-electron chi connectivity index (χ0n) is 15.5. The van der Waals surface area contributed by atoms with Crippen LogP contribution in [-0.4, -0.2) is 41.1 Å². The molecule has 1 atom stereocenters. The minimum atomic E-state index is 0.343. The monoisotopic (exact) mass is 345 g/mol. The lowest BCUT2D eigenvalue weighted by molar-refractivity contribution is 0.300. The van der Waals surface area contributed by atoms with Crippen LogP contribution in [0.5, 0.6) is 0 Å². The zero-order chi connectivity index (χ0) is 18.3. The molecule has 2 aromatic heterocycles. The Hall–Kier alpha value is -2.84. The largest absolute Gasteiger partial charge is 0.341 e. The Morgan fingerprint density at radius 3 is 2.69 bits per heavy atom. The minimum absolute atomic E-state index is 0.343. The maximum absolute atomic E-state index is 9.78. The van der Waals surface area contributed by atoms with Crippen LogP contribution >= 0.6 is 0 Å². The molecule has 1 aromatic carbocycles. The number of imidazole rings is 1. The highest BCUT2D eigenvalue weighted by atomic mass is 15.4. The lowest BCUT2D eigenvalue weighted by atomic mass is 9.97. The van der Waals surface area contributed by atoms with E-state index in [1.807, 2.05) is 19.2 Å². The van der Waals surface area contributed by atoms with Crippen LogP contribution in [0.3, 0.4) is 0 Å². The summed E-state index contributed by atoms with van der Waals surface area (Å²) in [4.78, 5) is 9.23. The first-order valence-electron chi connectivity index (χ1n) is 9.01. The maximum atomic E-state index is 9.78. The normalized spacial score (nSPS) is 17.2. The molecule has 132 valence electrons. The zero-order valence-corrected chi connectivity index (χ0v) is 15.5. The number of hydrogen-bond acceptors (Lipinski definition) is 4. The third kappa shape index (κ3) is 2.46. The molecule has 5 heteroatoms. The first-order chi connectivity index (χ1) is 12.6. The number of nitrogens with zero attached hydrogens (tertiary/aromatic N) is 5. The molecular formula is C21H23N5. The number of hydrogen-bond donors (Lipinski definition) is 0. The molecule has 4 rings (SSSR count). The van der Waals surface area contributed by atoms with Gasteiger partial charge in [-0.2, -0.15) is 5.26 Å². The van der Waals surface area contributed by atoms with E-state index in [2.05, 4.69) is 63.6 Å². The van der Waals surface area contributed by atoms with Crippen molar-refractivity contribution in [1.29, 1.82) is 5.26 Å². The summed E-state index contributed by atoms with van der Waals surface area (Å²) in [6, 6.07) is 12.7. The van der Waals surface area contributed by atoms with Gasteiger partial charge in [-0.25, -0.2) is 4.98 Å². The molecule has 0 aliphatic carbocycles. The Labute approximate surface area is 154 Å². The van der Waals surface area contributed by atoms with Gasteiger partial charge in [-0.05, 0) is 45.0 Å². The van der Waals surface area contributed by atoms with Crippen LogP contribution in [0.1, 0.15) is 24.0 Å². The fourth-order valence-electron chi connectivity index (χ4n) is 4.14. The first kappa shape index (κ1) is 16.6. The van der Waals surface area contributed by atoms with Gasteiger partial charge in [0, 0.05) is 24.5 Å². The van der Waals surface area contributed by atoms with E-state index >= 15 is 0 Å². The van der Waals surface area contributed by atoms with Gasteiger partial charge in [0.2, 0.25) is 0 Å². The van der Waals surface area contributed by atoms with E-state index < -0.39 is 0 Å². The maximum Gasteiger partial charge on any atom is 0.156 e. The molecule has 0 spiro atoms. The molecule has 26 heavy (non-hydrogen) atoms. The van der Waals surface area contributed by atoms with Gasteiger partial charge in [-0.1, -0.05) is 30.3 Å². The summed E-state index contributed by atoms with van der Waals surface area (Å²) in [7, 11) is 4.26. The Kier molecular flexibility index (Phi) is 4.14. The van der Waals surface area contributed by atoms with Gasteiger partial charge in [0.1, 0.15) is 11.9 Å². The average molecular weight is 345 g/mol. The molecule has 0 saturated carbocycles. The fraction of sp³-hybridized carbons (Fsp3) is 0.333. The second-order valence-corrected chi connectivity index (χ2v) is 7.08. The van der Waals surface area contributed by atoms with Gasteiger partial charge in [-0.3, -0.25) is 9.30 Å². The highest BCUT2D eigenvalue weighted by molar-refractivity contribution is 5.85. The summed E-state index contributed by atoms with van der Waals surface area (Å²) in [5.41, 5.74) is 4.65. The molecule has 0 amide bonds. The van der Waals surface area contributed by atoms with Gasteiger partial charge in [0.25, 0.3) is 0 Å². The number of pyridine rings is 1. The molecule has 0 N–H and O–H groups in total. The molecule has 3 aromatic rings.